The molecule has 3 rings (SSSR count). The molecule has 2 aromatic rings. The van der Waals surface area contributed by atoms with Crippen LogP contribution in [0.5, 0.6) is 0 Å². The highest BCUT2D eigenvalue weighted by atomic mass is 19.4. The van der Waals surface area contributed by atoms with Crippen molar-refractivity contribution in [3.63, 3.8) is 0 Å². The van der Waals surface area contributed by atoms with Crippen molar-refractivity contribution in [1.82, 2.24) is 4.90 Å². The van der Waals surface area contributed by atoms with E-state index in [9.17, 15) is 22.8 Å². The Labute approximate surface area is 166 Å². The first-order valence-electron chi connectivity index (χ1n) is 9.27. The number of rotatable bonds is 4. The molecule has 1 heterocycles. The van der Waals surface area contributed by atoms with Crippen molar-refractivity contribution in [2.75, 3.05) is 31.1 Å². The minimum atomic E-state index is -4.88. The number of anilines is 1. The Morgan fingerprint density at radius 1 is 0.897 bits per heavy atom. The first-order valence-corrected chi connectivity index (χ1v) is 9.27. The van der Waals surface area contributed by atoms with Gasteiger partial charge >= 0.3 is 12.3 Å². The first-order chi connectivity index (χ1) is 13.8. The Hall–Kier alpha value is -3.03. The molecule has 154 valence electrons. The maximum atomic E-state index is 12.5. The number of Topliss-reactive ketones (excluding diaryl/α,β-unsaturated/α-hetero) is 1. The van der Waals surface area contributed by atoms with Gasteiger partial charge in [0.1, 0.15) is 6.61 Å². The van der Waals surface area contributed by atoms with Crippen LogP contribution in [-0.2, 0) is 11.3 Å². The van der Waals surface area contributed by atoms with E-state index < -0.39 is 12.0 Å². The summed E-state index contributed by atoms with van der Waals surface area (Å²) < 4.78 is 42.9. The van der Waals surface area contributed by atoms with E-state index in [-0.39, 0.29) is 18.3 Å². The van der Waals surface area contributed by atoms with E-state index in [0.29, 0.717) is 38.3 Å². The summed E-state index contributed by atoms with van der Waals surface area (Å²) in [6.07, 6.45) is -4.57. The number of carbonyl (C=O) groups is 2. The molecule has 0 N–H and O–H groups in total. The van der Waals surface area contributed by atoms with Gasteiger partial charge in [0.2, 0.25) is 0 Å². The second kappa shape index (κ2) is 8.98. The lowest BCUT2D eigenvalue weighted by molar-refractivity contribution is -0.0885. The Kier molecular flexibility index (Phi) is 6.41. The van der Waals surface area contributed by atoms with E-state index in [2.05, 4.69) is 0 Å². The van der Waals surface area contributed by atoms with Crippen molar-refractivity contribution >= 4 is 17.6 Å². The molecule has 0 saturated carbocycles. The topological polar surface area (TPSA) is 49.9 Å². The highest BCUT2D eigenvalue weighted by Gasteiger charge is 2.39. The third kappa shape index (κ3) is 5.49. The normalized spacial score (nSPS) is 15.0. The minimum Gasteiger partial charge on any atom is -0.445 e. The lowest BCUT2D eigenvalue weighted by Crippen LogP contribution is -2.35. The van der Waals surface area contributed by atoms with Crippen molar-refractivity contribution < 1.29 is 27.5 Å². The average molecular weight is 406 g/mol. The molecule has 2 aromatic carbocycles. The predicted molar refractivity (Wildman–Crippen MR) is 102 cm³/mol. The van der Waals surface area contributed by atoms with Gasteiger partial charge in [0.15, 0.2) is 0 Å². The number of ketones is 1. The largest absolute Gasteiger partial charge is 0.454 e. The fourth-order valence-electron chi connectivity index (χ4n) is 3.16. The molecule has 1 aliphatic heterocycles. The van der Waals surface area contributed by atoms with E-state index >= 15 is 0 Å². The van der Waals surface area contributed by atoms with E-state index in [1.807, 2.05) is 35.2 Å². The first kappa shape index (κ1) is 20.7. The third-order valence-electron chi connectivity index (χ3n) is 4.71. The van der Waals surface area contributed by atoms with E-state index in [0.717, 1.165) is 5.56 Å². The summed E-state index contributed by atoms with van der Waals surface area (Å²) >= 11 is 0. The zero-order valence-electron chi connectivity index (χ0n) is 15.7. The average Bonchev–Trinajstić information content (AvgIpc) is 2.98. The third-order valence-corrected chi connectivity index (χ3v) is 4.71. The summed E-state index contributed by atoms with van der Waals surface area (Å²) in [5.74, 6) is -1.85. The Morgan fingerprint density at radius 2 is 1.59 bits per heavy atom. The molecule has 8 heteroatoms. The van der Waals surface area contributed by atoms with E-state index in [1.54, 1.807) is 4.90 Å². The molecule has 0 spiro atoms. The van der Waals surface area contributed by atoms with E-state index in [1.165, 1.54) is 24.3 Å². The lowest BCUT2D eigenvalue weighted by Gasteiger charge is -2.23. The van der Waals surface area contributed by atoms with Crippen LogP contribution in [0.15, 0.2) is 54.6 Å². The number of ether oxygens (including phenoxy) is 1. The van der Waals surface area contributed by atoms with Crippen LogP contribution in [0.2, 0.25) is 0 Å². The van der Waals surface area contributed by atoms with Gasteiger partial charge in [-0.15, -0.1) is 0 Å². The molecule has 5 nitrogen and oxygen atoms in total. The molecular weight excluding hydrogens is 385 g/mol. The SMILES string of the molecule is O=C(OCc1ccccc1)N1CCCN(c2ccc(C(=O)C(F)(F)F)cc2)CC1. The molecule has 29 heavy (non-hydrogen) atoms. The van der Waals surface area contributed by atoms with Gasteiger partial charge in [-0.05, 0) is 36.2 Å². The number of nitrogens with zero attached hydrogens (tertiary/aromatic N) is 2. The zero-order valence-corrected chi connectivity index (χ0v) is 15.7. The number of hydrogen-bond donors (Lipinski definition) is 0. The predicted octanol–water partition coefficient (Wildman–Crippen LogP) is 4.28. The lowest BCUT2D eigenvalue weighted by atomic mass is 10.1. The molecule has 0 aliphatic carbocycles. The van der Waals surface area contributed by atoms with Crippen LogP contribution in [0.25, 0.3) is 0 Å². The van der Waals surface area contributed by atoms with Crippen LogP contribution in [0.1, 0.15) is 22.3 Å². The number of alkyl halides is 3. The molecule has 1 fully saturated rings. The Bertz CT molecular complexity index is 838. The van der Waals surface area contributed by atoms with Crippen LogP contribution in [0.3, 0.4) is 0 Å². The Morgan fingerprint density at radius 3 is 2.24 bits per heavy atom. The smallest absolute Gasteiger partial charge is 0.445 e. The summed E-state index contributed by atoms with van der Waals surface area (Å²) in [6.45, 7) is 2.35. The van der Waals surface area contributed by atoms with Gasteiger partial charge in [0.05, 0.1) is 0 Å². The number of halogens is 3. The fraction of sp³-hybridized carbons (Fsp3) is 0.333. The fourth-order valence-corrected chi connectivity index (χ4v) is 3.16. The molecule has 0 radical (unpaired) electrons. The second-order valence-electron chi connectivity index (χ2n) is 6.74. The van der Waals surface area contributed by atoms with Crippen molar-refractivity contribution in [2.45, 2.75) is 19.2 Å². The van der Waals surface area contributed by atoms with Crippen LogP contribution in [0.4, 0.5) is 23.7 Å². The van der Waals surface area contributed by atoms with Crippen LogP contribution in [-0.4, -0.2) is 49.1 Å². The molecule has 0 unspecified atom stereocenters. The highest BCUT2D eigenvalue weighted by Crippen LogP contribution is 2.24. The monoisotopic (exact) mass is 406 g/mol. The molecule has 0 bridgehead atoms. The summed E-state index contributed by atoms with van der Waals surface area (Å²) in [7, 11) is 0. The van der Waals surface area contributed by atoms with Crippen LogP contribution >= 0.6 is 0 Å². The number of hydrogen-bond acceptors (Lipinski definition) is 4. The molecule has 1 saturated heterocycles. The summed E-state index contributed by atoms with van der Waals surface area (Å²) in [5.41, 5.74) is 1.23. The van der Waals surface area contributed by atoms with Gasteiger partial charge in [0.25, 0.3) is 5.78 Å². The standard InChI is InChI=1S/C21H21F3N2O3/c22-21(23,24)19(27)17-7-9-18(10-8-17)25-11-4-12-26(14-13-25)20(28)29-15-16-5-2-1-3-6-16/h1-3,5-10H,4,11-15H2. The van der Waals surface area contributed by atoms with Gasteiger partial charge in [-0.1, -0.05) is 30.3 Å². The van der Waals surface area contributed by atoms with Crippen LogP contribution in [0, 0.1) is 0 Å². The van der Waals surface area contributed by atoms with Crippen molar-refractivity contribution in [1.29, 1.82) is 0 Å². The quantitative estimate of drug-likeness (QED) is 0.712. The highest BCUT2D eigenvalue weighted by molar-refractivity contribution is 6.00. The van der Waals surface area contributed by atoms with E-state index in [4.69, 9.17) is 4.74 Å². The summed E-state index contributed by atoms with van der Waals surface area (Å²) in [4.78, 5) is 27.2. The summed E-state index contributed by atoms with van der Waals surface area (Å²) in [5, 5.41) is 0. The Balaban J connectivity index is 1.55. The van der Waals surface area contributed by atoms with Crippen molar-refractivity contribution in [2.24, 2.45) is 0 Å². The maximum Gasteiger partial charge on any atom is 0.454 e. The van der Waals surface area contributed by atoms with Gasteiger partial charge in [-0.25, -0.2) is 4.79 Å². The molecule has 1 aliphatic rings. The van der Waals surface area contributed by atoms with Gasteiger partial charge < -0.3 is 14.5 Å². The molecule has 0 atom stereocenters. The number of carbonyl (C=O) groups excluding carboxylic acids is 2. The van der Waals surface area contributed by atoms with Crippen molar-refractivity contribution in [3.8, 4) is 0 Å². The molecule has 1 amide bonds. The van der Waals surface area contributed by atoms with Crippen LogP contribution < -0.4 is 4.90 Å². The van der Waals surface area contributed by atoms with Crippen molar-refractivity contribution in [3.05, 3.63) is 65.7 Å². The number of amides is 1. The maximum absolute atomic E-state index is 12.5. The summed E-state index contributed by atoms with van der Waals surface area (Å²) in [6, 6.07) is 14.8. The zero-order chi connectivity index (χ0) is 20.9. The van der Waals surface area contributed by atoms with Gasteiger partial charge in [-0.2, -0.15) is 13.2 Å². The van der Waals surface area contributed by atoms with Gasteiger partial charge in [-0.3, -0.25) is 4.79 Å². The van der Waals surface area contributed by atoms with Gasteiger partial charge in [0, 0.05) is 37.4 Å². The minimum absolute atomic E-state index is 0.203. The second-order valence-corrected chi connectivity index (χ2v) is 6.74. The molecule has 0 aromatic heterocycles. The molecular formula is C21H21F3N2O3. The number of benzene rings is 2.